The lowest BCUT2D eigenvalue weighted by atomic mass is 10.0. The number of aromatic nitrogens is 7. The van der Waals surface area contributed by atoms with Crippen molar-refractivity contribution in [1.29, 1.82) is 0 Å². The first-order valence-electron chi connectivity index (χ1n) is 20.6. The average Bonchev–Trinajstić information content (AvgIpc) is 3.91. The lowest BCUT2D eigenvalue weighted by Crippen LogP contribution is -2.01. The van der Waals surface area contributed by atoms with Gasteiger partial charge in [-0.1, -0.05) is 165 Å². The molecule has 10 rings (SSSR count). The Labute approximate surface area is 355 Å². The van der Waals surface area contributed by atoms with Gasteiger partial charge in [-0.15, -0.1) is 0 Å². The van der Waals surface area contributed by atoms with E-state index in [0.717, 1.165) is 90.8 Å². The van der Waals surface area contributed by atoms with Crippen LogP contribution in [0.25, 0.3) is 96.6 Å². The summed E-state index contributed by atoms with van der Waals surface area (Å²) >= 11 is 0. The van der Waals surface area contributed by atoms with Crippen LogP contribution in [-0.4, -0.2) is 34.1 Å². The van der Waals surface area contributed by atoms with Crippen LogP contribution in [0.15, 0.2) is 194 Å². The normalized spacial score (nSPS) is 11.4. The monoisotopic (exact) mass is 787 g/mol. The summed E-state index contributed by atoms with van der Waals surface area (Å²) in [5, 5.41) is 0. The van der Waals surface area contributed by atoms with Crippen molar-refractivity contribution in [1.82, 2.24) is 34.1 Å². The number of rotatable bonds is 10. The largest absolute Gasteiger partial charge is 0.293 e. The Kier molecular flexibility index (Phi) is 9.96. The van der Waals surface area contributed by atoms with E-state index in [0.29, 0.717) is 17.5 Å². The standard InChI is InChI=1S/C54H41N7/c1-3-16-48-46(4-2)55-53(60(48)44-19-10-6-11-20-44)42-33-29-40(30-34-42)51-57-50(39-27-25-38(26-28-39)37-17-8-5-9-18-37)58-52(59-51)41-31-35-43(36-32-41)54-56-47-23-14-15-24-49(47)61(54)45-21-12-7-13-22-45/h3,5-36H,4H2,1-2H3/b16-3-. The molecule has 0 N–H and O–H groups in total. The summed E-state index contributed by atoms with van der Waals surface area (Å²) in [7, 11) is 0. The van der Waals surface area contributed by atoms with Crippen LogP contribution in [0.3, 0.4) is 0 Å². The molecule has 0 radical (unpaired) electrons. The number of nitrogens with zero attached hydrogens (tertiary/aromatic N) is 7. The number of para-hydroxylation sites is 4. The third kappa shape index (κ3) is 7.23. The molecular formula is C54H41N7. The molecule has 3 heterocycles. The van der Waals surface area contributed by atoms with E-state index in [1.807, 2.05) is 31.2 Å². The molecule has 0 aliphatic rings. The molecule has 0 amide bonds. The molecule has 0 aliphatic heterocycles. The fourth-order valence-corrected chi connectivity index (χ4v) is 7.90. The van der Waals surface area contributed by atoms with E-state index in [2.05, 4.69) is 192 Å². The van der Waals surface area contributed by atoms with E-state index in [1.54, 1.807) is 0 Å². The molecule has 61 heavy (non-hydrogen) atoms. The first kappa shape index (κ1) is 37.3. The van der Waals surface area contributed by atoms with Crippen molar-refractivity contribution in [3.63, 3.8) is 0 Å². The predicted molar refractivity (Wildman–Crippen MR) is 248 cm³/mol. The smallest absolute Gasteiger partial charge is 0.164 e. The first-order valence-corrected chi connectivity index (χ1v) is 20.6. The van der Waals surface area contributed by atoms with Gasteiger partial charge >= 0.3 is 0 Å². The zero-order valence-electron chi connectivity index (χ0n) is 33.9. The van der Waals surface area contributed by atoms with Crippen LogP contribution in [0.2, 0.25) is 0 Å². The minimum absolute atomic E-state index is 0.586. The van der Waals surface area contributed by atoms with Crippen LogP contribution in [0.1, 0.15) is 25.2 Å². The zero-order chi connectivity index (χ0) is 41.1. The van der Waals surface area contributed by atoms with Gasteiger partial charge in [0, 0.05) is 39.2 Å². The molecule has 0 atom stereocenters. The Hall–Kier alpha value is -8.03. The maximum absolute atomic E-state index is 5.16. The Bertz CT molecular complexity index is 3130. The summed E-state index contributed by atoms with van der Waals surface area (Å²) in [6, 6.07) is 64.6. The number of imidazole rings is 2. The Balaban J connectivity index is 1.06. The topological polar surface area (TPSA) is 74.3 Å². The maximum atomic E-state index is 5.16. The van der Waals surface area contributed by atoms with E-state index in [1.165, 1.54) is 0 Å². The highest BCUT2D eigenvalue weighted by Crippen LogP contribution is 2.33. The quantitative estimate of drug-likeness (QED) is 0.138. The number of benzene rings is 7. The third-order valence-electron chi connectivity index (χ3n) is 10.9. The van der Waals surface area contributed by atoms with Crippen LogP contribution < -0.4 is 0 Å². The predicted octanol–water partition coefficient (Wildman–Crippen LogP) is 13.0. The van der Waals surface area contributed by atoms with Crippen molar-refractivity contribution in [2.24, 2.45) is 0 Å². The minimum atomic E-state index is 0.586. The van der Waals surface area contributed by atoms with Crippen LogP contribution in [0.5, 0.6) is 0 Å². The molecule has 0 bridgehead atoms. The SMILES string of the molecule is C/C=C\c1c(CC)nc(-c2ccc(-c3nc(-c4ccc(-c5ccccc5)cc4)nc(-c4ccc(-c5nc6ccccc6n5-c5ccccc5)cc4)n3)cc2)n1-c1ccccc1. The fraction of sp³-hybridized carbons (Fsp3) is 0.0556. The van der Waals surface area contributed by atoms with E-state index in [4.69, 9.17) is 24.9 Å². The molecule has 7 heteroatoms. The number of allylic oxidation sites excluding steroid dienone is 1. The highest BCUT2D eigenvalue weighted by Gasteiger charge is 2.19. The molecule has 0 saturated heterocycles. The molecule has 0 spiro atoms. The van der Waals surface area contributed by atoms with Crippen LogP contribution in [0, 0.1) is 0 Å². The average molecular weight is 788 g/mol. The van der Waals surface area contributed by atoms with Crippen molar-refractivity contribution in [3.05, 3.63) is 206 Å². The minimum Gasteiger partial charge on any atom is -0.293 e. The van der Waals surface area contributed by atoms with E-state index in [-0.39, 0.29) is 0 Å². The number of hydrogen-bond donors (Lipinski definition) is 0. The van der Waals surface area contributed by atoms with Gasteiger partial charge in [0.25, 0.3) is 0 Å². The van der Waals surface area contributed by atoms with Gasteiger partial charge in [0.1, 0.15) is 11.6 Å². The fourth-order valence-electron chi connectivity index (χ4n) is 7.90. The van der Waals surface area contributed by atoms with Gasteiger partial charge in [0.05, 0.1) is 22.4 Å². The second kappa shape index (κ2) is 16.3. The second-order valence-corrected chi connectivity index (χ2v) is 14.8. The van der Waals surface area contributed by atoms with Gasteiger partial charge < -0.3 is 0 Å². The molecule has 0 aliphatic carbocycles. The first-order chi connectivity index (χ1) is 30.1. The van der Waals surface area contributed by atoms with Crippen molar-refractivity contribution in [2.75, 3.05) is 0 Å². The Morgan fingerprint density at radius 1 is 0.393 bits per heavy atom. The van der Waals surface area contributed by atoms with Crippen molar-refractivity contribution in [3.8, 4) is 79.4 Å². The third-order valence-corrected chi connectivity index (χ3v) is 10.9. The molecule has 0 saturated carbocycles. The lowest BCUT2D eigenvalue weighted by molar-refractivity contribution is 1.04. The van der Waals surface area contributed by atoms with Gasteiger partial charge in [-0.05, 0) is 66.9 Å². The summed E-state index contributed by atoms with van der Waals surface area (Å²) in [6.45, 7) is 4.19. The summed E-state index contributed by atoms with van der Waals surface area (Å²) in [6.07, 6.45) is 5.03. The summed E-state index contributed by atoms with van der Waals surface area (Å²) in [5.41, 5.74) is 13.2. The Morgan fingerprint density at radius 3 is 1.31 bits per heavy atom. The zero-order valence-corrected chi connectivity index (χ0v) is 33.9. The number of hydrogen-bond acceptors (Lipinski definition) is 5. The molecule has 0 fully saturated rings. The highest BCUT2D eigenvalue weighted by molar-refractivity contribution is 5.84. The highest BCUT2D eigenvalue weighted by atomic mass is 15.1. The van der Waals surface area contributed by atoms with Crippen LogP contribution >= 0.6 is 0 Å². The summed E-state index contributed by atoms with van der Waals surface area (Å²) in [4.78, 5) is 25.5. The molecule has 292 valence electrons. The van der Waals surface area contributed by atoms with Gasteiger partial charge in [0.15, 0.2) is 17.5 Å². The molecular weight excluding hydrogens is 747 g/mol. The van der Waals surface area contributed by atoms with E-state index in [9.17, 15) is 0 Å². The molecule has 3 aromatic heterocycles. The summed E-state index contributed by atoms with van der Waals surface area (Å²) in [5.74, 6) is 3.53. The molecule has 7 aromatic carbocycles. The van der Waals surface area contributed by atoms with E-state index < -0.39 is 0 Å². The van der Waals surface area contributed by atoms with Crippen LogP contribution in [0.4, 0.5) is 0 Å². The summed E-state index contributed by atoms with van der Waals surface area (Å²) < 4.78 is 4.45. The molecule has 10 aromatic rings. The second-order valence-electron chi connectivity index (χ2n) is 14.8. The van der Waals surface area contributed by atoms with Gasteiger partial charge in [-0.3, -0.25) is 9.13 Å². The van der Waals surface area contributed by atoms with E-state index >= 15 is 0 Å². The van der Waals surface area contributed by atoms with Crippen LogP contribution in [-0.2, 0) is 6.42 Å². The maximum Gasteiger partial charge on any atom is 0.164 e. The number of fused-ring (bicyclic) bond motifs is 1. The Morgan fingerprint density at radius 2 is 0.803 bits per heavy atom. The molecule has 0 unspecified atom stereocenters. The van der Waals surface area contributed by atoms with Crippen molar-refractivity contribution >= 4 is 17.1 Å². The number of aryl methyl sites for hydroxylation is 1. The van der Waals surface area contributed by atoms with Crippen molar-refractivity contribution < 1.29 is 0 Å². The van der Waals surface area contributed by atoms with Gasteiger partial charge in [0.2, 0.25) is 0 Å². The van der Waals surface area contributed by atoms with Gasteiger partial charge in [-0.25, -0.2) is 24.9 Å². The lowest BCUT2D eigenvalue weighted by Gasteiger charge is -2.12. The molecule has 7 nitrogen and oxygen atoms in total. The van der Waals surface area contributed by atoms with Gasteiger partial charge in [-0.2, -0.15) is 0 Å². The van der Waals surface area contributed by atoms with Crippen molar-refractivity contribution in [2.45, 2.75) is 20.3 Å².